The zero-order valence-corrected chi connectivity index (χ0v) is 20.7. The van der Waals surface area contributed by atoms with Crippen molar-refractivity contribution in [2.24, 2.45) is 52.3 Å². The predicted molar refractivity (Wildman–Crippen MR) is 121 cm³/mol. The van der Waals surface area contributed by atoms with Gasteiger partial charge in [-0.15, -0.1) is 0 Å². The molecule has 0 heterocycles. The molecule has 2 N–H and O–H groups in total. The topological polar surface area (TPSA) is 40.5 Å². The van der Waals surface area contributed by atoms with Crippen molar-refractivity contribution in [1.82, 2.24) is 0 Å². The first-order valence-electron chi connectivity index (χ1n) is 13.2. The molecule has 0 bridgehead atoms. The minimum absolute atomic E-state index is 0.0301. The lowest BCUT2D eigenvalue weighted by Gasteiger charge is -2.62. The van der Waals surface area contributed by atoms with Crippen molar-refractivity contribution in [3.63, 3.8) is 0 Å². The average molecular weight is 459 g/mol. The third kappa shape index (κ3) is 3.76. The van der Waals surface area contributed by atoms with Crippen LogP contribution in [0.25, 0.3) is 0 Å². The van der Waals surface area contributed by atoms with E-state index in [1.54, 1.807) is 0 Å². The van der Waals surface area contributed by atoms with Crippen LogP contribution in [-0.2, 0) is 0 Å². The van der Waals surface area contributed by atoms with Crippen molar-refractivity contribution in [1.29, 1.82) is 0 Å². The standard InChI is InChI=1S/C27H45F3O2/c1-16(2)14-23(31)17(3)20-8-9-21-19-7-6-18-15-26(32,27(28,29)30)13-12-24(18,4)22(19)10-11-25(20,21)5/h16-23,31-32H,6-15H2,1-5H3/t17-,18+,19-,20+,21-,22-,23-,24-,25+,26+/m0/s1. The molecule has 0 radical (unpaired) electrons. The number of aliphatic hydroxyl groups is 2. The number of aliphatic hydroxyl groups excluding tert-OH is 1. The van der Waals surface area contributed by atoms with Crippen LogP contribution < -0.4 is 0 Å². The Balaban J connectivity index is 1.52. The molecule has 32 heavy (non-hydrogen) atoms. The highest BCUT2D eigenvalue weighted by atomic mass is 19.4. The van der Waals surface area contributed by atoms with Gasteiger partial charge in [0.2, 0.25) is 0 Å². The van der Waals surface area contributed by atoms with Crippen molar-refractivity contribution in [3.8, 4) is 0 Å². The van der Waals surface area contributed by atoms with Gasteiger partial charge in [-0.3, -0.25) is 0 Å². The van der Waals surface area contributed by atoms with Crippen LogP contribution in [-0.4, -0.2) is 28.1 Å². The van der Waals surface area contributed by atoms with Gasteiger partial charge in [-0.2, -0.15) is 13.2 Å². The molecule has 4 aliphatic carbocycles. The van der Waals surface area contributed by atoms with Crippen LogP contribution in [0.3, 0.4) is 0 Å². The van der Waals surface area contributed by atoms with E-state index in [0.717, 1.165) is 32.1 Å². The van der Waals surface area contributed by atoms with E-state index in [-0.39, 0.29) is 35.7 Å². The highest BCUT2D eigenvalue weighted by Gasteiger charge is 2.65. The van der Waals surface area contributed by atoms with Crippen molar-refractivity contribution in [2.75, 3.05) is 0 Å². The van der Waals surface area contributed by atoms with E-state index in [2.05, 4.69) is 34.6 Å². The van der Waals surface area contributed by atoms with E-state index >= 15 is 0 Å². The van der Waals surface area contributed by atoms with Crippen molar-refractivity contribution < 1.29 is 23.4 Å². The summed E-state index contributed by atoms with van der Waals surface area (Å²) in [5.74, 6) is 2.99. The van der Waals surface area contributed by atoms with E-state index in [1.807, 2.05) is 0 Å². The van der Waals surface area contributed by atoms with E-state index in [1.165, 1.54) is 12.8 Å². The minimum Gasteiger partial charge on any atom is -0.393 e. The Bertz CT molecular complexity index is 693. The van der Waals surface area contributed by atoms with Gasteiger partial charge in [0.1, 0.15) is 0 Å². The quantitative estimate of drug-likeness (QED) is 0.477. The van der Waals surface area contributed by atoms with Crippen LogP contribution in [0, 0.1) is 52.3 Å². The molecule has 0 aromatic rings. The maximum atomic E-state index is 13.6. The molecule has 0 spiro atoms. The summed E-state index contributed by atoms with van der Waals surface area (Å²) in [5, 5.41) is 21.3. The van der Waals surface area contributed by atoms with Gasteiger partial charge in [0.05, 0.1) is 6.10 Å². The maximum absolute atomic E-state index is 13.6. The van der Waals surface area contributed by atoms with Gasteiger partial charge in [0, 0.05) is 0 Å². The predicted octanol–water partition coefficient (Wildman–Crippen LogP) is 6.98. The highest BCUT2D eigenvalue weighted by Crippen LogP contribution is 2.69. The summed E-state index contributed by atoms with van der Waals surface area (Å²) in [6.07, 6.45) is 2.75. The van der Waals surface area contributed by atoms with Gasteiger partial charge in [-0.25, -0.2) is 0 Å². The minimum atomic E-state index is -4.53. The van der Waals surface area contributed by atoms with Gasteiger partial charge in [0.15, 0.2) is 5.60 Å². The average Bonchev–Trinajstić information content (AvgIpc) is 3.03. The van der Waals surface area contributed by atoms with E-state index in [0.29, 0.717) is 41.9 Å². The Morgan fingerprint density at radius 2 is 1.53 bits per heavy atom. The SMILES string of the molecule is CC(C)C[C@H](O)[C@@H](C)[C@H]1CC[C@H]2[C@@H]3CC[C@@H]4C[C@@](O)(C(F)(F)F)CC[C@]4(C)[C@H]3CC[C@]12C. The summed E-state index contributed by atoms with van der Waals surface area (Å²) in [6.45, 7) is 11.3. The fourth-order valence-corrected chi connectivity index (χ4v) is 9.37. The fraction of sp³-hybridized carbons (Fsp3) is 1.00. The van der Waals surface area contributed by atoms with Gasteiger partial charge in [-0.1, -0.05) is 34.6 Å². The third-order valence-corrected chi connectivity index (χ3v) is 11.3. The number of alkyl halides is 3. The van der Waals surface area contributed by atoms with Gasteiger partial charge >= 0.3 is 6.18 Å². The lowest BCUT2D eigenvalue weighted by Crippen LogP contribution is -2.59. The number of hydrogen-bond donors (Lipinski definition) is 2. The molecule has 0 amide bonds. The number of rotatable bonds is 4. The van der Waals surface area contributed by atoms with E-state index in [4.69, 9.17) is 0 Å². The number of halogens is 3. The first-order chi connectivity index (χ1) is 14.7. The van der Waals surface area contributed by atoms with Crippen LogP contribution in [0.4, 0.5) is 13.2 Å². The summed E-state index contributed by atoms with van der Waals surface area (Å²) < 4.78 is 40.7. The Hall–Kier alpha value is -0.290. The van der Waals surface area contributed by atoms with Crippen molar-refractivity contribution >= 4 is 0 Å². The molecule has 0 aromatic carbocycles. The molecule has 0 unspecified atom stereocenters. The van der Waals surface area contributed by atoms with Crippen LogP contribution in [0.2, 0.25) is 0 Å². The van der Waals surface area contributed by atoms with Crippen LogP contribution in [0.5, 0.6) is 0 Å². The smallest absolute Gasteiger partial charge is 0.393 e. The van der Waals surface area contributed by atoms with E-state index < -0.39 is 11.8 Å². The fourth-order valence-electron chi connectivity index (χ4n) is 9.37. The summed E-state index contributed by atoms with van der Waals surface area (Å²) in [7, 11) is 0. The largest absolute Gasteiger partial charge is 0.417 e. The highest BCUT2D eigenvalue weighted by molar-refractivity contribution is 5.12. The second kappa shape index (κ2) is 8.14. The van der Waals surface area contributed by atoms with Crippen LogP contribution >= 0.6 is 0 Å². The zero-order valence-electron chi connectivity index (χ0n) is 20.7. The third-order valence-electron chi connectivity index (χ3n) is 11.3. The summed E-state index contributed by atoms with van der Waals surface area (Å²) in [5.41, 5.74) is -2.33. The van der Waals surface area contributed by atoms with Gasteiger partial charge in [0.25, 0.3) is 0 Å². The molecule has 0 saturated heterocycles. The Morgan fingerprint density at radius 1 is 0.875 bits per heavy atom. The van der Waals surface area contributed by atoms with E-state index in [9.17, 15) is 23.4 Å². The first-order valence-corrected chi connectivity index (χ1v) is 13.2. The molecule has 4 fully saturated rings. The lowest BCUT2D eigenvalue weighted by atomic mass is 9.43. The number of fused-ring (bicyclic) bond motifs is 5. The normalized spacial score (nSPS) is 48.7. The molecular weight excluding hydrogens is 413 g/mol. The molecule has 4 saturated carbocycles. The molecular formula is C27H45F3O2. The number of hydrogen-bond acceptors (Lipinski definition) is 2. The van der Waals surface area contributed by atoms with Crippen LogP contribution in [0.1, 0.15) is 98.8 Å². The Kier molecular flexibility index (Phi) is 6.31. The summed E-state index contributed by atoms with van der Waals surface area (Å²) in [6, 6.07) is 0. The zero-order chi connectivity index (χ0) is 23.7. The molecule has 0 aromatic heterocycles. The molecule has 4 aliphatic rings. The lowest BCUT2D eigenvalue weighted by molar-refractivity contribution is -0.290. The van der Waals surface area contributed by atoms with Crippen molar-refractivity contribution in [3.05, 3.63) is 0 Å². The molecule has 0 aliphatic heterocycles. The molecule has 5 heteroatoms. The maximum Gasteiger partial charge on any atom is 0.417 e. The van der Waals surface area contributed by atoms with Gasteiger partial charge in [-0.05, 0) is 116 Å². The summed E-state index contributed by atoms with van der Waals surface area (Å²) in [4.78, 5) is 0. The Morgan fingerprint density at radius 3 is 2.16 bits per heavy atom. The van der Waals surface area contributed by atoms with Crippen LogP contribution in [0.15, 0.2) is 0 Å². The molecule has 4 rings (SSSR count). The molecule has 10 atom stereocenters. The second-order valence-electron chi connectivity index (χ2n) is 13.2. The summed E-state index contributed by atoms with van der Waals surface area (Å²) >= 11 is 0. The monoisotopic (exact) mass is 458 g/mol. The van der Waals surface area contributed by atoms with Gasteiger partial charge < -0.3 is 10.2 Å². The molecule has 2 nitrogen and oxygen atoms in total. The molecule has 186 valence electrons. The Labute approximate surface area is 192 Å². The second-order valence-corrected chi connectivity index (χ2v) is 13.2. The van der Waals surface area contributed by atoms with Crippen molar-refractivity contribution in [2.45, 2.75) is 117 Å². The first kappa shape index (κ1) is 24.8.